The molecule has 0 fully saturated rings. The minimum atomic E-state index is -0.137. The van der Waals surface area contributed by atoms with Crippen LogP contribution in [0, 0.1) is 11.3 Å². The van der Waals surface area contributed by atoms with Gasteiger partial charge in [0.2, 0.25) is 0 Å². The molecule has 0 unspecified atom stereocenters. The molecule has 0 aliphatic heterocycles. The molecule has 0 amide bonds. The Bertz CT molecular complexity index is 921. The van der Waals surface area contributed by atoms with E-state index in [1.807, 2.05) is 24.3 Å². The fraction of sp³-hybridized carbons (Fsp3) is 0.0556. The number of aromatic nitrogens is 2. The van der Waals surface area contributed by atoms with Crippen LogP contribution in [0.3, 0.4) is 0 Å². The molecule has 0 aliphatic carbocycles. The van der Waals surface area contributed by atoms with Crippen molar-refractivity contribution in [2.75, 3.05) is 0 Å². The first-order chi connectivity index (χ1) is 10.7. The third-order valence-corrected chi connectivity index (χ3v) is 3.48. The quantitative estimate of drug-likeness (QED) is 0.728. The highest BCUT2D eigenvalue weighted by Crippen LogP contribution is 2.24. The standard InChI is InChI=1S/C18H13N3O/c1-21-12-14(17-8-4-5-9-20-17)10-16(18(21)22)15-7-3-2-6-13(15)11-19/h2-10,12H,1H3. The van der Waals surface area contributed by atoms with E-state index in [-0.39, 0.29) is 5.56 Å². The second-order valence-corrected chi connectivity index (χ2v) is 4.93. The second-order valence-electron chi connectivity index (χ2n) is 4.93. The number of benzene rings is 1. The zero-order chi connectivity index (χ0) is 15.5. The largest absolute Gasteiger partial charge is 0.317 e. The van der Waals surface area contributed by atoms with Crippen LogP contribution in [-0.4, -0.2) is 9.55 Å². The molecule has 0 bridgehead atoms. The highest BCUT2D eigenvalue weighted by atomic mass is 16.1. The average Bonchev–Trinajstić information content (AvgIpc) is 2.58. The molecular formula is C18H13N3O. The van der Waals surface area contributed by atoms with Crippen LogP contribution in [0.2, 0.25) is 0 Å². The Morgan fingerprint density at radius 2 is 1.86 bits per heavy atom. The Morgan fingerprint density at radius 1 is 1.09 bits per heavy atom. The normalized spacial score (nSPS) is 10.2. The van der Waals surface area contributed by atoms with Crippen LogP contribution in [0.1, 0.15) is 5.56 Å². The zero-order valence-electron chi connectivity index (χ0n) is 12.0. The van der Waals surface area contributed by atoms with Crippen LogP contribution in [0.15, 0.2) is 65.7 Å². The first-order valence-electron chi connectivity index (χ1n) is 6.82. The van der Waals surface area contributed by atoms with Gasteiger partial charge in [0.25, 0.3) is 5.56 Å². The van der Waals surface area contributed by atoms with Crippen LogP contribution in [-0.2, 0) is 7.05 Å². The summed E-state index contributed by atoms with van der Waals surface area (Å²) >= 11 is 0. The molecule has 0 spiro atoms. The van der Waals surface area contributed by atoms with E-state index < -0.39 is 0 Å². The van der Waals surface area contributed by atoms with Crippen molar-refractivity contribution in [3.63, 3.8) is 0 Å². The summed E-state index contributed by atoms with van der Waals surface area (Å²) in [7, 11) is 1.70. The molecule has 3 rings (SSSR count). The number of nitrogens with zero attached hydrogens (tertiary/aromatic N) is 3. The molecule has 0 radical (unpaired) electrons. The van der Waals surface area contributed by atoms with Gasteiger partial charge in [0.1, 0.15) is 0 Å². The minimum absolute atomic E-state index is 0.137. The summed E-state index contributed by atoms with van der Waals surface area (Å²) in [5.74, 6) is 0. The topological polar surface area (TPSA) is 58.7 Å². The fourth-order valence-corrected chi connectivity index (χ4v) is 2.39. The number of nitriles is 1. The highest BCUT2D eigenvalue weighted by Gasteiger charge is 2.12. The van der Waals surface area contributed by atoms with Crippen molar-refractivity contribution in [3.05, 3.63) is 76.8 Å². The third-order valence-electron chi connectivity index (χ3n) is 3.48. The number of hydrogen-bond acceptors (Lipinski definition) is 3. The van der Waals surface area contributed by atoms with E-state index in [4.69, 9.17) is 0 Å². The smallest absolute Gasteiger partial charge is 0.258 e. The predicted molar refractivity (Wildman–Crippen MR) is 85.1 cm³/mol. The molecule has 0 N–H and O–H groups in total. The van der Waals surface area contributed by atoms with Gasteiger partial charge in [-0.2, -0.15) is 5.26 Å². The summed E-state index contributed by atoms with van der Waals surface area (Å²) in [4.78, 5) is 16.8. The lowest BCUT2D eigenvalue weighted by Gasteiger charge is -2.09. The van der Waals surface area contributed by atoms with Crippen molar-refractivity contribution in [1.82, 2.24) is 9.55 Å². The maximum absolute atomic E-state index is 12.5. The number of rotatable bonds is 2. The van der Waals surface area contributed by atoms with Gasteiger partial charge in [-0.1, -0.05) is 24.3 Å². The van der Waals surface area contributed by atoms with E-state index in [1.165, 1.54) is 4.57 Å². The van der Waals surface area contributed by atoms with E-state index in [1.54, 1.807) is 43.7 Å². The van der Waals surface area contributed by atoms with Gasteiger partial charge in [-0.3, -0.25) is 9.78 Å². The lowest BCUT2D eigenvalue weighted by atomic mass is 9.99. The van der Waals surface area contributed by atoms with Gasteiger partial charge in [0.05, 0.1) is 17.3 Å². The summed E-state index contributed by atoms with van der Waals surface area (Å²) in [6.07, 6.45) is 3.46. The van der Waals surface area contributed by atoms with Crippen molar-refractivity contribution >= 4 is 0 Å². The Kier molecular flexibility index (Phi) is 3.55. The van der Waals surface area contributed by atoms with Crippen molar-refractivity contribution in [2.24, 2.45) is 7.05 Å². The SMILES string of the molecule is Cn1cc(-c2ccccn2)cc(-c2ccccc2C#N)c1=O. The molecule has 3 aromatic rings. The lowest BCUT2D eigenvalue weighted by molar-refractivity contribution is 0.864. The molecule has 22 heavy (non-hydrogen) atoms. The molecule has 0 saturated heterocycles. The Hall–Kier alpha value is -3.19. The highest BCUT2D eigenvalue weighted by molar-refractivity contribution is 5.74. The van der Waals surface area contributed by atoms with Crippen LogP contribution in [0.25, 0.3) is 22.4 Å². The average molecular weight is 287 g/mol. The molecule has 0 atom stereocenters. The van der Waals surface area contributed by atoms with E-state index in [2.05, 4.69) is 11.1 Å². The van der Waals surface area contributed by atoms with Gasteiger partial charge in [-0.25, -0.2) is 0 Å². The zero-order valence-corrected chi connectivity index (χ0v) is 12.0. The van der Waals surface area contributed by atoms with Crippen LogP contribution in [0.5, 0.6) is 0 Å². The van der Waals surface area contributed by atoms with Gasteiger partial charge < -0.3 is 4.57 Å². The van der Waals surface area contributed by atoms with Crippen molar-refractivity contribution in [2.45, 2.75) is 0 Å². The summed E-state index contributed by atoms with van der Waals surface area (Å²) in [6.45, 7) is 0. The molecular weight excluding hydrogens is 274 g/mol. The first kappa shape index (κ1) is 13.8. The molecule has 2 heterocycles. The molecule has 2 aromatic heterocycles. The first-order valence-corrected chi connectivity index (χ1v) is 6.82. The van der Waals surface area contributed by atoms with Gasteiger partial charge in [-0.15, -0.1) is 0 Å². The van der Waals surface area contributed by atoms with E-state index >= 15 is 0 Å². The molecule has 1 aromatic carbocycles. The third kappa shape index (κ3) is 2.40. The predicted octanol–water partition coefficient (Wildman–Crippen LogP) is 2.99. The van der Waals surface area contributed by atoms with E-state index in [0.717, 1.165) is 11.3 Å². The van der Waals surface area contributed by atoms with Crippen molar-refractivity contribution in [1.29, 1.82) is 5.26 Å². The number of pyridine rings is 2. The molecule has 106 valence electrons. The second kappa shape index (κ2) is 5.66. The summed E-state index contributed by atoms with van der Waals surface area (Å²) in [6, 6.07) is 16.7. The van der Waals surface area contributed by atoms with Crippen molar-refractivity contribution in [3.8, 4) is 28.5 Å². The monoisotopic (exact) mass is 287 g/mol. The van der Waals surface area contributed by atoms with Crippen molar-refractivity contribution < 1.29 is 0 Å². The summed E-state index contributed by atoms with van der Waals surface area (Å²) in [5.41, 5.74) is 3.12. The summed E-state index contributed by atoms with van der Waals surface area (Å²) < 4.78 is 1.52. The molecule has 0 saturated carbocycles. The Labute approximate surface area is 127 Å². The summed E-state index contributed by atoms with van der Waals surface area (Å²) in [5, 5.41) is 9.26. The maximum Gasteiger partial charge on any atom is 0.258 e. The maximum atomic E-state index is 12.5. The van der Waals surface area contributed by atoms with Crippen LogP contribution < -0.4 is 5.56 Å². The molecule has 0 aliphatic rings. The van der Waals surface area contributed by atoms with Gasteiger partial charge in [0.15, 0.2) is 0 Å². The number of aryl methyl sites for hydroxylation is 1. The van der Waals surface area contributed by atoms with E-state index in [0.29, 0.717) is 16.7 Å². The molecule has 4 nitrogen and oxygen atoms in total. The Morgan fingerprint density at radius 3 is 2.59 bits per heavy atom. The van der Waals surface area contributed by atoms with Gasteiger partial charge >= 0.3 is 0 Å². The van der Waals surface area contributed by atoms with Crippen LogP contribution in [0.4, 0.5) is 0 Å². The van der Waals surface area contributed by atoms with Crippen LogP contribution >= 0.6 is 0 Å². The van der Waals surface area contributed by atoms with Gasteiger partial charge in [0, 0.05) is 36.1 Å². The number of hydrogen-bond donors (Lipinski definition) is 0. The Balaban J connectivity index is 2.27. The van der Waals surface area contributed by atoms with Gasteiger partial charge in [-0.05, 0) is 24.3 Å². The molecule has 4 heteroatoms. The lowest BCUT2D eigenvalue weighted by Crippen LogP contribution is -2.18. The van der Waals surface area contributed by atoms with E-state index in [9.17, 15) is 10.1 Å². The minimum Gasteiger partial charge on any atom is -0.317 e. The fourth-order valence-electron chi connectivity index (χ4n) is 2.39.